The first-order valence-corrected chi connectivity index (χ1v) is 8.32. The number of rotatable bonds is 7. The summed E-state index contributed by atoms with van der Waals surface area (Å²) in [5, 5.41) is 2.51. The predicted octanol–water partition coefficient (Wildman–Crippen LogP) is 3.69. The highest BCUT2D eigenvalue weighted by molar-refractivity contribution is 5.99. The highest BCUT2D eigenvalue weighted by atomic mass is 19.4. The van der Waals surface area contributed by atoms with E-state index in [4.69, 9.17) is 4.74 Å². The van der Waals surface area contributed by atoms with Crippen molar-refractivity contribution < 1.29 is 32.2 Å². The van der Waals surface area contributed by atoms with Crippen LogP contribution in [0.2, 0.25) is 0 Å². The van der Waals surface area contributed by atoms with Crippen LogP contribution in [0.3, 0.4) is 0 Å². The average Bonchev–Trinajstić information content (AvgIpc) is 2.62. The molecule has 0 aliphatic rings. The van der Waals surface area contributed by atoms with Gasteiger partial charge in [-0.2, -0.15) is 0 Å². The minimum Gasteiger partial charge on any atom is -0.494 e. The number of carbonyl (C=O) groups is 2. The van der Waals surface area contributed by atoms with Crippen LogP contribution in [-0.4, -0.2) is 43.3 Å². The first-order chi connectivity index (χ1) is 13.2. The lowest BCUT2D eigenvalue weighted by atomic mass is 10.2. The molecule has 0 atom stereocenters. The minimum absolute atomic E-state index is 0.229. The largest absolute Gasteiger partial charge is 0.573 e. The molecule has 0 unspecified atom stereocenters. The molecule has 1 N–H and O–H groups in total. The van der Waals surface area contributed by atoms with E-state index in [1.54, 1.807) is 24.3 Å². The number of nitrogens with zero attached hydrogens (tertiary/aromatic N) is 1. The molecule has 0 aromatic heterocycles. The summed E-state index contributed by atoms with van der Waals surface area (Å²) in [4.78, 5) is 25.7. The van der Waals surface area contributed by atoms with Crippen molar-refractivity contribution >= 4 is 17.5 Å². The van der Waals surface area contributed by atoms with E-state index in [1.807, 2.05) is 6.92 Å². The number of nitrogens with one attached hydrogen (secondary N) is 1. The van der Waals surface area contributed by atoms with Gasteiger partial charge in [-0.25, -0.2) is 0 Å². The van der Waals surface area contributed by atoms with Gasteiger partial charge in [-0.1, -0.05) is 0 Å². The van der Waals surface area contributed by atoms with Crippen LogP contribution in [0.5, 0.6) is 11.5 Å². The van der Waals surface area contributed by atoms with Gasteiger partial charge in [-0.05, 0) is 55.5 Å². The number of hydrogen-bond donors (Lipinski definition) is 1. The molecule has 2 rings (SSSR count). The molecule has 0 radical (unpaired) electrons. The molecule has 9 heteroatoms. The third-order valence-electron chi connectivity index (χ3n) is 3.51. The number of likely N-dealkylation sites (N-methyl/N-ethyl adjacent to an activating group) is 1. The monoisotopic (exact) mass is 396 g/mol. The Kier molecular flexibility index (Phi) is 6.86. The second-order valence-electron chi connectivity index (χ2n) is 5.74. The summed E-state index contributed by atoms with van der Waals surface area (Å²) in [7, 11) is 1.47. The van der Waals surface area contributed by atoms with Gasteiger partial charge in [0.1, 0.15) is 11.5 Å². The Hall–Kier alpha value is -3.23. The Morgan fingerprint density at radius 1 is 1.00 bits per heavy atom. The first-order valence-electron chi connectivity index (χ1n) is 8.32. The normalized spacial score (nSPS) is 10.9. The summed E-state index contributed by atoms with van der Waals surface area (Å²) in [6.45, 7) is 2.13. The molecule has 6 nitrogen and oxygen atoms in total. The third-order valence-corrected chi connectivity index (χ3v) is 3.51. The van der Waals surface area contributed by atoms with Crippen molar-refractivity contribution in [3.8, 4) is 11.5 Å². The molecular formula is C19H19F3N2O4. The third kappa shape index (κ3) is 6.49. The van der Waals surface area contributed by atoms with Crippen molar-refractivity contribution in [1.29, 1.82) is 0 Å². The van der Waals surface area contributed by atoms with Crippen LogP contribution < -0.4 is 14.8 Å². The second kappa shape index (κ2) is 9.12. The number of anilines is 1. The summed E-state index contributed by atoms with van der Waals surface area (Å²) >= 11 is 0. The quantitative estimate of drug-likeness (QED) is 0.775. The van der Waals surface area contributed by atoms with Crippen molar-refractivity contribution in [1.82, 2.24) is 4.90 Å². The Bertz CT molecular complexity index is 805. The molecular weight excluding hydrogens is 377 g/mol. The highest BCUT2D eigenvalue weighted by Gasteiger charge is 2.31. The maximum absolute atomic E-state index is 12.4. The molecule has 0 saturated carbocycles. The SMILES string of the molecule is CCOc1ccc(C(=O)N(C)CC(=O)Nc2ccc(OC(F)(F)F)cc2)cc1. The number of amides is 2. The highest BCUT2D eigenvalue weighted by Crippen LogP contribution is 2.24. The molecule has 0 aliphatic carbocycles. The fraction of sp³-hybridized carbons (Fsp3) is 0.263. The molecule has 0 aliphatic heterocycles. The fourth-order valence-electron chi connectivity index (χ4n) is 2.31. The van der Waals surface area contributed by atoms with Gasteiger partial charge in [0.05, 0.1) is 13.2 Å². The summed E-state index contributed by atoms with van der Waals surface area (Å²) in [6, 6.07) is 11.2. The molecule has 2 aromatic carbocycles. The lowest BCUT2D eigenvalue weighted by Gasteiger charge is -2.17. The summed E-state index contributed by atoms with van der Waals surface area (Å²) < 4.78 is 45.5. The zero-order valence-electron chi connectivity index (χ0n) is 15.2. The Balaban J connectivity index is 1.90. The Morgan fingerprint density at radius 3 is 2.11 bits per heavy atom. The Morgan fingerprint density at radius 2 is 1.57 bits per heavy atom. The molecule has 0 heterocycles. The van der Waals surface area contributed by atoms with Crippen molar-refractivity contribution in [2.24, 2.45) is 0 Å². The van der Waals surface area contributed by atoms with Gasteiger partial charge in [-0.15, -0.1) is 13.2 Å². The molecule has 2 amide bonds. The van der Waals surface area contributed by atoms with Gasteiger partial charge < -0.3 is 19.7 Å². The lowest BCUT2D eigenvalue weighted by Crippen LogP contribution is -2.34. The van der Waals surface area contributed by atoms with Gasteiger partial charge >= 0.3 is 6.36 Å². The van der Waals surface area contributed by atoms with E-state index < -0.39 is 18.0 Å². The standard InChI is InChI=1S/C19H19F3N2O4/c1-3-27-15-8-4-13(5-9-15)18(26)24(2)12-17(25)23-14-6-10-16(11-7-14)28-19(20,21)22/h4-11H,3,12H2,1-2H3,(H,23,25). The van der Waals surface area contributed by atoms with E-state index in [9.17, 15) is 22.8 Å². The summed E-state index contributed by atoms with van der Waals surface area (Å²) in [5.41, 5.74) is 0.675. The number of halogens is 3. The molecule has 0 fully saturated rings. The number of alkyl halides is 3. The van der Waals surface area contributed by atoms with Crippen LogP contribution in [-0.2, 0) is 4.79 Å². The van der Waals surface area contributed by atoms with Gasteiger partial charge in [0, 0.05) is 18.3 Å². The van der Waals surface area contributed by atoms with Crippen molar-refractivity contribution in [3.05, 3.63) is 54.1 Å². The van der Waals surface area contributed by atoms with Crippen LogP contribution in [0.1, 0.15) is 17.3 Å². The Labute approximate surface area is 159 Å². The van der Waals surface area contributed by atoms with Crippen LogP contribution in [0, 0.1) is 0 Å². The van der Waals surface area contributed by atoms with Gasteiger partial charge in [-0.3, -0.25) is 9.59 Å². The molecule has 0 spiro atoms. The summed E-state index contributed by atoms with van der Waals surface area (Å²) in [5.74, 6) is -0.607. The number of hydrogen-bond acceptors (Lipinski definition) is 4. The van der Waals surface area contributed by atoms with E-state index in [1.165, 1.54) is 24.1 Å². The molecule has 0 bridgehead atoms. The molecule has 28 heavy (non-hydrogen) atoms. The lowest BCUT2D eigenvalue weighted by molar-refractivity contribution is -0.274. The van der Waals surface area contributed by atoms with Crippen molar-refractivity contribution in [2.45, 2.75) is 13.3 Å². The van der Waals surface area contributed by atoms with E-state index in [2.05, 4.69) is 10.1 Å². The zero-order chi connectivity index (χ0) is 20.7. The van der Waals surface area contributed by atoms with Crippen LogP contribution in [0.25, 0.3) is 0 Å². The first kappa shape index (κ1) is 21.1. The summed E-state index contributed by atoms with van der Waals surface area (Å²) in [6.07, 6.45) is -4.78. The average molecular weight is 396 g/mol. The minimum atomic E-state index is -4.78. The fourth-order valence-corrected chi connectivity index (χ4v) is 2.31. The van der Waals surface area contributed by atoms with E-state index in [-0.39, 0.29) is 18.1 Å². The molecule has 150 valence electrons. The maximum atomic E-state index is 12.4. The number of ether oxygens (including phenoxy) is 2. The molecule has 2 aromatic rings. The van der Waals surface area contributed by atoms with Crippen LogP contribution in [0.4, 0.5) is 18.9 Å². The van der Waals surface area contributed by atoms with Crippen LogP contribution >= 0.6 is 0 Å². The van der Waals surface area contributed by atoms with Crippen LogP contribution in [0.15, 0.2) is 48.5 Å². The van der Waals surface area contributed by atoms with E-state index >= 15 is 0 Å². The van der Waals surface area contributed by atoms with Gasteiger partial charge in [0.25, 0.3) is 5.91 Å². The second-order valence-corrected chi connectivity index (χ2v) is 5.74. The van der Waals surface area contributed by atoms with Gasteiger partial charge in [0.2, 0.25) is 5.91 Å². The van der Waals surface area contributed by atoms with Crippen molar-refractivity contribution in [2.75, 3.05) is 25.5 Å². The smallest absolute Gasteiger partial charge is 0.494 e. The molecule has 0 saturated heterocycles. The van der Waals surface area contributed by atoms with E-state index in [0.29, 0.717) is 17.9 Å². The zero-order valence-corrected chi connectivity index (χ0v) is 15.2. The number of carbonyl (C=O) groups excluding carboxylic acids is 2. The maximum Gasteiger partial charge on any atom is 0.573 e. The van der Waals surface area contributed by atoms with Gasteiger partial charge in [0.15, 0.2) is 0 Å². The van der Waals surface area contributed by atoms with E-state index in [0.717, 1.165) is 12.1 Å². The van der Waals surface area contributed by atoms with Crippen molar-refractivity contribution in [3.63, 3.8) is 0 Å². The number of benzene rings is 2. The topological polar surface area (TPSA) is 67.9 Å². The predicted molar refractivity (Wildman–Crippen MR) is 96.3 cm³/mol.